The molecule has 0 unspecified atom stereocenters. The highest BCUT2D eigenvalue weighted by Gasteiger charge is 2.30. The number of Topliss-reactive ketones (excluding diaryl/α,β-unsaturated/α-hetero) is 1. The van der Waals surface area contributed by atoms with E-state index in [1.165, 1.54) is 0 Å². The third kappa shape index (κ3) is 3.67. The van der Waals surface area contributed by atoms with Crippen molar-refractivity contribution >= 4 is 29.4 Å². The van der Waals surface area contributed by atoms with Crippen LogP contribution in [0.3, 0.4) is 0 Å². The molecule has 0 fully saturated rings. The largest absolute Gasteiger partial charge is 0.452 e. The molecule has 0 radical (unpaired) electrons. The van der Waals surface area contributed by atoms with Crippen LogP contribution in [0.5, 0.6) is 11.5 Å². The number of hydrogen-bond acceptors (Lipinski definition) is 4. The van der Waals surface area contributed by atoms with Crippen LogP contribution < -0.4 is 9.47 Å². The van der Waals surface area contributed by atoms with Gasteiger partial charge in [0, 0.05) is 10.6 Å². The van der Waals surface area contributed by atoms with Crippen LogP contribution in [0, 0.1) is 13.8 Å². The summed E-state index contributed by atoms with van der Waals surface area (Å²) in [4.78, 5) is 25.1. The molecule has 0 saturated heterocycles. The lowest BCUT2D eigenvalue weighted by Crippen LogP contribution is -2.09. The molecule has 3 aromatic carbocycles. The summed E-state index contributed by atoms with van der Waals surface area (Å²) in [5.41, 5.74) is 3.38. The van der Waals surface area contributed by atoms with E-state index in [1.54, 1.807) is 49.4 Å². The normalized spacial score (nSPS) is 13.9. The molecule has 144 valence electrons. The predicted octanol–water partition coefficient (Wildman–Crippen LogP) is 5.79. The lowest BCUT2D eigenvalue weighted by atomic mass is 10.0. The van der Waals surface area contributed by atoms with Gasteiger partial charge in [0.1, 0.15) is 11.5 Å². The van der Waals surface area contributed by atoms with Gasteiger partial charge in [0.05, 0.1) is 11.1 Å². The second kappa shape index (κ2) is 7.57. The van der Waals surface area contributed by atoms with Gasteiger partial charge in [-0.3, -0.25) is 4.79 Å². The lowest BCUT2D eigenvalue weighted by Gasteiger charge is -2.10. The van der Waals surface area contributed by atoms with Crippen LogP contribution in [0.15, 0.2) is 66.4 Å². The molecular weight excluding hydrogens is 388 g/mol. The van der Waals surface area contributed by atoms with Crippen LogP contribution in [0.25, 0.3) is 6.08 Å². The number of ketones is 1. The Bertz CT molecular complexity index is 1160. The maximum Gasteiger partial charge on any atom is 0.343 e. The van der Waals surface area contributed by atoms with Gasteiger partial charge in [0.15, 0.2) is 5.76 Å². The van der Waals surface area contributed by atoms with E-state index in [-0.39, 0.29) is 11.5 Å². The number of rotatable bonds is 3. The summed E-state index contributed by atoms with van der Waals surface area (Å²) < 4.78 is 11.4. The minimum Gasteiger partial charge on any atom is -0.452 e. The van der Waals surface area contributed by atoms with Gasteiger partial charge < -0.3 is 9.47 Å². The number of fused-ring (bicyclic) bond motifs is 1. The third-order valence-corrected chi connectivity index (χ3v) is 5.05. The number of carbonyl (C=O) groups is 2. The highest BCUT2D eigenvalue weighted by Crippen LogP contribution is 2.39. The van der Waals surface area contributed by atoms with E-state index < -0.39 is 5.97 Å². The monoisotopic (exact) mass is 404 g/mol. The Hall–Kier alpha value is -3.37. The van der Waals surface area contributed by atoms with Gasteiger partial charge in [-0.15, -0.1) is 0 Å². The zero-order valence-corrected chi connectivity index (χ0v) is 16.6. The van der Waals surface area contributed by atoms with Gasteiger partial charge in [-0.25, -0.2) is 4.79 Å². The lowest BCUT2D eigenvalue weighted by molar-refractivity contribution is 0.0733. The summed E-state index contributed by atoms with van der Waals surface area (Å²) in [5.74, 6) is 0.301. The van der Waals surface area contributed by atoms with E-state index >= 15 is 0 Å². The van der Waals surface area contributed by atoms with Crippen molar-refractivity contribution in [1.29, 1.82) is 0 Å². The molecule has 0 N–H and O–H groups in total. The quantitative estimate of drug-likeness (QED) is 0.315. The molecule has 1 heterocycles. The minimum absolute atomic E-state index is 0.193. The molecule has 3 aromatic rings. The van der Waals surface area contributed by atoms with Gasteiger partial charge in [0.2, 0.25) is 5.78 Å². The number of carbonyl (C=O) groups excluding carboxylic acids is 2. The second-order valence-corrected chi connectivity index (χ2v) is 7.19. The highest BCUT2D eigenvalue weighted by atomic mass is 35.5. The molecule has 0 aromatic heterocycles. The fourth-order valence-corrected chi connectivity index (χ4v) is 3.24. The van der Waals surface area contributed by atoms with Gasteiger partial charge >= 0.3 is 5.97 Å². The van der Waals surface area contributed by atoms with Crippen LogP contribution in [0.2, 0.25) is 5.02 Å². The molecule has 4 rings (SSSR count). The average Bonchev–Trinajstić information content (AvgIpc) is 3.03. The Morgan fingerprint density at radius 1 is 1.00 bits per heavy atom. The number of halogens is 1. The Balaban J connectivity index is 1.62. The van der Waals surface area contributed by atoms with Crippen LogP contribution in [-0.2, 0) is 0 Å². The number of hydrogen-bond donors (Lipinski definition) is 0. The number of ether oxygens (including phenoxy) is 2. The van der Waals surface area contributed by atoms with Crippen molar-refractivity contribution in [2.24, 2.45) is 0 Å². The Morgan fingerprint density at radius 3 is 2.45 bits per heavy atom. The first-order valence-corrected chi connectivity index (χ1v) is 9.43. The molecule has 0 aliphatic carbocycles. The van der Waals surface area contributed by atoms with Crippen molar-refractivity contribution in [3.8, 4) is 11.5 Å². The van der Waals surface area contributed by atoms with Crippen molar-refractivity contribution in [3.63, 3.8) is 0 Å². The molecule has 29 heavy (non-hydrogen) atoms. The average molecular weight is 405 g/mol. The maximum atomic E-state index is 12.7. The molecule has 0 saturated carbocycles. The summed E-state index contributed by atoms with van der Waals surface area (Å²) >= 11 is 5.85. The molecule has 5 heteroatoms. The van der Waals surface area contributed by atoms with Crippen molar-refractivity contribution in [2.75, 3.05) is 0 Å². The summed E-state index contributed by atoms with van der Waals surface area (Å²) in [6.07, 6.45) is 1.73. The summed E-state index contributed by atoms with van der Waals surface area (Å²) in [7, 11) is 0. The number of aryl methyl sites for hydroxylation is 1. The van der Waals surface area contributed by atoms with E-state index in [0.29, 0.717) is 33.2 Å². The topological polar surface area (TPSA) is 52.6 Å². The molecule has 1 aliphatic rings. The Kier molecular flexibility index (Phi) is 4.95. The first kappa shape index (κ1) is 19.0. The summed E-state index contributed by atoms with van der Waals surface area (Å²) in [5, 5.41) is 0.537. The number of esters is 1. The molecule has 0 amide bonds. The van der Waals surface area contributed by atoms with Crippen LogP contribution >= 0.6 is 11.6 Å². The molecule has 0 atom stereocenters. The zero-order chi connectivity index (χ0) is 20.5. The molecule has 0 bridgehead atoms. The third-order valence-electron chi connectivity index (χ3n) is 4.79. The van der Waals surface area contributed by atoms with Crippen LogP contribution in [0.4, 0.5) is 0 Å². The Labute approximate surface area is 173 Å². The number of benzene rings is 3. The molecule has 0 spiro atoms. The van der Waals surface area contributed by atoms with Crippen molar-refractivity contribution in [2.45, 2.75) is 13.8 Å². The molecular formula is C24H17ClO4. The van der Waals surface area contributed by atoms with Gasteiger partial charge in [-0.05, 0) is 67.4 Å². The second-order valence-electron chi connectivity index (χ2n) is 6.76. The fraction of sp³-hybridized carbons (Fsp3) is 0.0833. The van der Waals surface area contributed by atoms with Crippen molar-refractivity contribution < 1.29 is 19.1 Å². The van der Waals surface area contributed by atoms with Gasteiger partial charge in [-0.2, -0.15) is 0 Å². The van der Waals surface area contributed by atoms with E-state index in [4.69, 9.17) is 21.1 Å². The maximum absolute atomic E-state index is 12.7. The van der Waals surface area contributed by atoms with E-state index in [1.807, 2.05) is 31.2 Å². The van der Waals surface area contributed by atoms with E-state index in [2.05, 4.69) is 0 Å². The zero-order valence-electron chi connectivity index (χ0n) is 15.9. The molecule has 4 nitrogen and oxygen atoms in total. The predicted molar refractivity (Wildman–Crippen MR) is 112 cm³/mol. The molecule has 1 aliphatic heterocycles. The smallest absolute Gasteiger partial charge is 0.343 e. The summed E-state index contributed by atoms with van der Waals surface area (Å²) in [6, 6.07) is 17.4. The van der Waals surface area contributed by atoms with Crippen molar-refractivity contribution in [1.82, 2.24) is 0 Å². The number of allylic oxidation sites excluding steroid dienone is 1. The highest BCUT2D eigenvalue weighted by molar-refractivity contribution is 6.30. The minimum atomic E-state index is -0.510. The standard InChI is InChI=1S/C24H17ClO4/c1-14-5-3-4-6-17(14)13-21-22(26)19-11-12-20(15(2)23(19)28-21)29-24(27)16-7-9-18(25)10-8-16/h3-13H,1-2H3/b21-13-. The van der Waals surface area contributed by atoms with E-state index in [0.717, 1.165) is 11.1 Å². The van der Waals surface area contributed by atoms with Crippen LogP contribution in [-0.4, -0.2) is 11.8 Å². The SMILES string of the molecule is Cc1ccccc1/C=C1\Oc2c(ccc(OC(=O)c3ccc(Cl)cc3)c2C)C1=O. The Morgan fingerprint density at radius 2 is 1.72 bits per heavy atom. The van der Waals surface area contributed by atoms with Crippen LogP contribution in [0.1, 0.15) is 37.4 Å². The fourth-order valence-electron chi connectivity index (χ4n) is 3.11. The summed E-state index contributed by atoms with van der Waals surface area (Å²) in [6.45, 7) is 3.73. The van der Waals surface area contributed by atoms with Gasteiger partial charge in [-0.1, -0.05) is 35.9 Å². The first-order chi connectivity index (χ1) is 13.9. The van der Waals surface area contributed by atoms with Crippen molar-refractivity contribution in [3.05, 3.63) is 99.3 Å². The van der Waals surface area contributed by atoms with E-state index in [9.17, 15) is 9.59 Å². The first-order valence-electron chi connectivity index (χ1n) is 9.05. The van der Waals surface area contributed by atoms with Gasteiger partial charge in [0.25, 0.3) is 0 Å².